The molecule has 0 aromatic rings. The number of rotatable bonds is 4. The van der Waals surface area contributed by atoms with Crippen molar-refractivity contribution in [2.75, 3.05) is 13.1 Å². The molecule has 0 N–H and O–H groups in total. The van der Waals surface area contributed by atoms with Gasteiger partial charge in [-0.3, -0.25) is 4.90 Å². The molecule has 86 valence electrons. The van der Waals surface area contributed by atoms with Crippen LogP contribution in [0.2, 0.25) is 0 Å². The van der Waals surface area contributed by atoms with Gasteiger partial charge in [-0.25, -0.2) is 0 Å². The molecule has 0 spiro atoms. The molecule has 2 nitrogen and oxygen atoms in total. The van der Waals surface area contributed by atoms with E-state index < -0.39 is 0 Å². The maximum absolute atomic E-state index is 5.90. The van der Waals surface area contributed by atoms with Crippen LogP contribution in [0.25, 0.3) is 0 Å². The van der Waals surface area contributed by atoms with E-state index >= 15 is 0 Å². The lowest BCUT2D eigenvalue weighted by molar-refractivity contribution is -0.0634. The van der Waals surface area contributed by atoms with Gasteiger partial charge in [-0.15, -0.1) is 0 Å². The molecule has 1 fully saturated rings. The number of hydrogen-bond donors (Lipinski definition) is 0. The van der Waals surface area contributed by atoms with Crippen LogP contribution >= 0.6 is 0 Å². The Bertz CT molecular complexity index is 184. The van der Waals surface area contributed by atoms with Crippen LogP contribution in [0.15, 0.2) is 0 Å². The lowest BCUT2D eigenvalue weighted by Crippen LogP contribution is -2.50. The molecule has 0 amide bonds. The van der Waals surface area contributed by atoms with Crippen molar-refractivity contribution in [3.8, 4) is 0 Å². The van der Waals surface area contributed by atoms with Crippen LogP contribution < -0.4 is 0 Å². The van der Waals surface area contributed by atoms with Crippen LogP contribution in [0, 0.1) is 5.92 Å². The van der Waals surface area contributed by atoms with Gasteiger partial charge in [-0.05, 0) is 32.6 Å². The normalized spacial score (nSPS) is 28.9. The Hall–Kier alpha value is -0.0151. The van der Waals surface area contributed by atoms with Crippen molar-refractivity contribution in [1.82, 2.24) is 4.90 Å². The molecule has 1 heterocycles. The summed E-state index contributed by atoms with van der Waals surface area (Å²) in [5.74, 6) is 0.749. The molecular formula is C12H24BNO. The molecule has 1 aliphatic heterocycles. The summed E-state index contributed by atoms with van der Waals surface area (Å²) in [6.07, 6.45) is 2.69. The first-order valence-corrected chi connectivity index (χ1v) is 6.14. The number of ether oxygens (including phenoxy) is 1. The smallest absolute Gasteiger partial charge is 0.110 e. The standard InChI is InChI=1S/C12H24BNO/c1-9(2)5-6-11-7-14(10(3)4)8-12(13)15-11/h9-12H,5-8H2,1-4H3. The van der Waals surface area contributed by atoms with Gasteiger partial charge in [0.15, 0.2) is 0 Å². The molecule has 2 atom stereocenters. The van der Waals surface area contributed by atoms with E-state index in [1.165, 1.54) is 6.42 Å². The van der Waals surface area contributed by atoms with E-state index in [4.69, 9.17) is 12.6 Å². The molecular weight excluding hydrogens is 185 g/mol. The van der Waals surface area contributed by atoms with Crippen molar-refractivity contribution < 1.29 is 4.74 Å². The molecule has 1 aliphatic rings. The summed E-state index contributed by atoms with van der Waals surface area (Å²) in [5, 5.41) is 0. The maximum atomic E-state index is 5.90. The maximum Gasteiger partial charge on any atom is 0.110 e. The largest absolute Gasteiger partial charge is 0.382 e. The first-order chi connectivity index (χ1) is 6.99. The summed E-state index contributed by atoms with van der Waals surface area (Å²) in [4.78, 5) is 2.42. The SMILES string of the molecule is [B]C1CN(C(C)C)CC(CCC(C)C)O1. The topological polar surface area (TPSA) is 12.5 Å². The first-order valence-electron chi connectivity index (χ1n) is 6.14. The Kier molecular flexibility index (Phi) is 5.14. The van der Waals surface area contributed by atoms with E-state index in [2.05, 4.69) is 32.6 Å². The molecule has 1 saturated heterocycles. The fraction of sp³-hybridized carbons (Fsp3) is 1.00. The van der Waals surface area contributed by atoms with Crippen molar-refractivity contribution in [2.45, 2.75) is 58.7 Å². The van der Waals surface area contributed by atoms with Crippen molar-refractivity contribution in [2.24, 2.45) is 5.92 Å². The Morgan fingerprint density at radius 2 is 1.93 bits per heavy atom. The minimum atomic E-state index is -0.0988. The molecule has 0 saturated carbocycles. The summed E-state index contributed by atoms with van der Waals surface area (Å²) in [5.41, 5.74) is 0. The van der Waals surface area contributed by atoms with Crippen molar-refractivity contribution >= 4 is 7.85 Å². The zero-order valence-electron chi connectivity index (χ0n) is 10.6. The molecule has 0 aromatic carbocycles. The van der Waals surface area contributed by atoms with Gasteiger partial charge in [0.25, 0.3) is 0 Å². The average molecular weight is 209 g/mol. The first kappa shape index (κ1) is 13.1. The molecule has 3 heteroatoms. The fourth-order valence-electron chi connectivity index (χ4n) is 2.00. The summed E-state index contributed by atoms with van der Waals surface area (Å²) in [6.45, 7) is 10.9. The average Bonchev–Trinajstić information content (AvgIpc) is 2.13. The van der Waals surface area contributed by atoms with Gasteiger partial charge in [0.05, 0.1) is 6.10 Å². The molecule has 1 rings (SSSR count). The minimum absolute atomic E-state index is 0.0988. The number of hydrogen-bond acceptors (Lipinski definition) is 2. The highest BCUT2D eigenvalue weighted by molar-refractivity contribution is 6.11. The summed E-state index contributed by atoms with van der Waals surface area (Å²) in [6, 6.07) is 0.472. The van der Waals surface area contributed by atoms with Crippen LogP contribution in [0.5, 0.6) is 0 Å². The second kappa shape index (κ2) is 5.90. The number of nitrogens with zero attached hydrogens (tertiary/aromatic N) is 1. The summed E-state index contributed by atoms with van der Waals surface area (Å²) >= 11 is 0. The third-order valence-electron chi connectivity index (χ3n) is 3.02. The van der Waals surface area contributed by atoms with Crippen molar-refractivity contribution in [3.05, 3.63) is 0 Å². The fourth-order valence-corrected chi connectivity index (χ4v) is 2.00. The van der Waals surface area contributed by atoms with Gasteiger partial charge >= 0.3 is 0 Å². The quantitative estimate of drug-likeness (QED) is 0.657. The number of morpholine rings is 1. The Labute approximate surface area is 95.8 Å². The van der Waals surface area contributed by atoms with Gasteiger partial charge in [0, 0.05) is 25.1 Å². The van der Waals surface area contributed by atoms with E-state index in [-0.39, 0.29) is 6.00 Å². The molecule has 2 unspecified atom stereocenters. The van der Waals surface area contributed by atoms with Crippen LogP contribution in [-0.2, 0) is 4.74 Å². The van der Waals surface area contributed by atoms with Crippen LogP contribution in [0.1, 0.15) is 40.5 Å². The summed E-state index contributed by atoms with van der Waals surface area (Å²) in [7, 11) is 5.90. The van der Waals surface area contributed by atoms with Gasteiger partial charge in [0.1, 0.15) is 7.85 Å². The van der Waals surface area contributed by atoms with Gasteiger partial charge in [-0.2, -0.15) is 0 Å². The van der Waals surface area contributed by atoms with Crippen LogP contribution in [0.3, 0.4) is 0 Å². The molecule has 0 aromatic heterocycles. The second-order valence-electron chi connectivity index (χ2n) is 5.32. The third-order valence-corrected chi connectivity index (χ3v) is 3.02. The van der Waals surface area contributed by atoms with E-state index in [0.717, 1.165) is 25.4 Å². The highest BCUT2D eigenvalue weighted by Crippen LogP contribution is 2.18. The van der Waals surface area contributed by atoms with Gasteiger partial charge in [0.2, 0.25) is 0 Å². The lowest BCUT2D eigenvalue weighted by atomic mass is 9.95. The van der Waals surface area contributed by atoms with Crippen molar-refractivity contribution in [1.29, 1.82) is 0 Å². The van der Waals surface area contributed by atoms with E-state index in [1.54, 1.807) is 0 Å². The summed E-state index contributed by atoms with van der Waals surface area (Å²) < 4.78 is 5.75. The Morgan fingerprint density at radius 1 is 1.27 bits per heavy atom. The highest BCUT2D eigenvalue weighted by atomic mass is 16.5. The highest BCUT2D eigenvalue weighted by Gasteiger charge is 2.25. The van der Waals surface area contributed by atoms with Crippen LogP contribution in [0.4, 0.5) is 0 Å². The second-order valence-corrected chi connectivity index (χ2v) is 5.32. The van der Waals surface area contributed by atoms with Gasteiger partial charge in [-0.1, -0.05) is 13.8 Å². The molecule has 0 aliphatic carbocycles. The monoisotopic (exact) mass is 209 g/mol. The third kappa shape index (κ3) is 4.56. The Balaban J connectivity index is 2.37. The van der Waals surface area contributed by atoms with Gasteiger partial charge < -0.3 is 4.74 Å². The zero-order chi connectivity index (χ0) is 11.4. The van der Waals surface area contributed by atoms with Crippen LogP contribution in [-0.4, -0.2) is 44.0 Å². The Morgan fingerprint density at radius 3 is 2.47 bits per heavy atom. The van der Waals surface area contributed by atoms with E-state index in [0.29, 0.717) is 12.1 Å². The minimum Gasteiger partial charge on any atom is -0.382 e. The predicted octanol–water partition coefficient (Wildman–Crippen LogP) is 2.03. The lowest BCUT2D eigenvalue weighted by Gasteiger charge is -2.39. The molecule has 15 heavy (non-hydrogen) atoms. The zero-order valence-corrected chi connectivity index (χ0v) is 10.6. The van der Waals surface area contributed by atoms with E-state index in [9.17, 15) is 0 Å². The van der Waals surface area contributed by atoms with Crippen molar-refractivity contribution in [3.63, 3.8) is 0 Å². The molecule has 0 bridgehead atoms. The van der Waals surface area contributed by atoms with E-state index in [1.807, 2.05) is 0 Å². The predicted molar refractivity (Wildman–Crippen MR) is 65.2 cm³/mol. The molecule has 2 radical (unpaired) electrons.